The number of carbonyl (C=O) groups excluding carboxylic acids is 2. The Kier molecular flexibility index (Phi) is 9.29. The van der Waals surface area contributed by atoms with Gasteiger partial charge in [-0.05, 0) is 93.2 Å². The molecule has 0 bridgehead atoms. The normalized spacial score (nSPS) is 25.5. The molecular weight excluding hydrogens is 612 g/mol. The molecule has 1 saturated carbocycles. The van der Waals surface area contributed by atoms with Crippen molar-refractivity contribution < 1.29 is 14.3 Å². The summed E-state index contributed by atoms with van der Waals surface area (Å²) >= 11 is 6.49. The van der Waals surface area contributed by atoms with Gasteiger partial charge in [-0.3, -0.25) is 19.6 Å². The first-order valence-electron chi connectivity index (χ1n) is 17.5. The van der Waals surface area contributed by atoms with Crippen LogP contribution in [0.1, 0.15) is 86.0 Å². The molecule has 0 N–H and O–H groups in total. The Morgan fingerprint density at radius 2 is 1.85 bits per heavy atom. The van der Waals surface area contributed by atoms with E-state index in [2.05, 4.69) is 45.8 Å². The molecule has 3 fully saturated rings. The maximum absolute atomic E-state index is 14.7. The van der Waals surface area contributed by atoms with Gasteiger partial charge < -0.3 is 14.2 Å². The Morgan fingerprint density at radius 1 is 1.02 bits per heavy atom. The number of aromatic nitrogens is 3. The van der Waals surface area contributed by atoms with E-state index in [1.165, 1.54) is 23.1 Å². The highest BCUT2D eigenvalue weighted by Crippen LogP contribution is 2.39. The van der Waals surface area contributed by atoms with Crippen LogP contribution in [0.2, 0.25) is 5.02 Å². The third-order valence-corrected chi connectivity index (χ3v) is 11.0. The van der Waals surface area contributed by atoms with Gasteiger partial charge >= 0.3 is 6.09 Å². The number of likely N-dealkylation sites (tertiary alicyclic amines) is 1. The molecule has 2 amide bonds. The van der Waals surface area contributed by atoms with Crippen molar-refractivity contribution in [3.63, 3.8) is 0 Å². The lowest BCUT2D eigenvalue weighted by atomic mass is 9.81. The van der Waals surface area contributed by atoms with E-state index >= 15 is 0 Å². The van der Waals surface area contributed by atoms with Crippen LogP contribution >= 0.6 is 11.6 Å². The number of halogens is 1. The van der Waals surface area contributed by atoms with E-state index in [0.717, 1.165) is 74.3 Å². The molecule has 7 rings (SSSR count). The van der Waals surface area contributed by atoms with Crippen molar-refractivity contribution in [3.05, 3.63) is 82.2 Å². The number of amides is 2. The predicted octanol–water partition coefficient (Wildman–Crippen LogP) is 6.21. The summed E-state index contributed by atoms with van der Waals surface area (Å²) in [7, 11) is 0. The Bertz CT molecular complexity index is 1600. The number of hydrogen-bond acceptors (Lipinski definition) is 6. The zero-order valence-corrected chi connectivity index (χ0v) is 28.5. The van der Waals surface area contributed by atoms with Gasteiger partial charge in [0.15, 0.2) is 0 Å². The molecule has 0 unspecified atom stereocenters. The van der Waals surface area contributed by atoms with Gasteiger partial charge in [-0.1, -0.05) is 37.1 Å². The minimum absolute atomic E-state index is 0.00854. The Balaban J connectivity index is 1.19. The first-order valence-corrected chi connectivity index (χ1v) is 17.8. The van der Waals surface area contributed by atoms with E-state index < -0.39 is 6.04 Å². The van der Waals surface area contributed by atoms with Gasteiger partial charge in [0.05, 0.1) is 23.8 Å². The highest BCUT2D eigenvalue weighted by molar-refractivity contribution is 6.30. The number of imidazole rings is 1. The van der Waals surface area contributed by atoms with Crippen LogP contribution in [-0.4, -0.2) is 86.1 Å². The lowest BCUT2D eigenvalue weighted by Crippen LogP contribution is -2.63. The van der Waals surface area contributed by atoms with E-state index in [1.807, 2.05) is 36.5 Å². The average Bonchev–Trinajstić information content (AvgIpc) is 3.40. The maximum Gasteiger partial charge on any atom is 0.410 e. The Labute approximate surface area is 283 Å². The van der Waals surface area contributed by atoms with E-state index in [-0.39, 0.29) is 29.6 Å². The van der Waals surface area contributed by atoms with E-state index in [4.69, 9.17) is 21.3 Å². The number of benzene rings is 1. The molecule has 3 atom stereocenters. The summed E-state index contributed by atoms with van der Waals surface area (Å²) in [5.41, 5.74) is 5.53. The van der Waals surface area contributed by atoms with Crippen molar-refractivity contribution in [1.82, 2.24) is 29.2 Å². The van der Waals surface area contributed by atoms with Gasteiger partial charge in [-0.2, -0.15) is 0 Å². The number of ether oxygens (including phenoxy) is 1. The van der Waals surface area contributed by atoms with Crippen molar-refractivity contribution >= 4 is 23.6 Å². The molecule has 9 nitrogen and oxygen atoms in total. The van der Waals surface area contributed by atoms with Gasteiger partial charge in [0.2, 0.25) is 5.91 Å². The van der Waals surface area contributed by atoms with Crippen LogP contribution in [0.3, 0.4) is 0 Å². The van der Waals surface area contributed by atoms with Gasteiger partial charge in [-0.25, -0.2) is 9.78 Å². The lowest BCUT2D eigenvalue weighted by molar-refractivity contribution is -0.143. The first kappa shape index (κ1) is 32.1. The highest BCUT2D eigenvalue weighted by Gasteiger charge is 2.44. The molecule has 2 aliphatic heterocycles. The summed E-state index contributed by atoms with van der Waals surface area (Å²) in [4.78, 5) is 44.1. The molecular formula is C37H47ClN6O3. The molecule has 250 valence electrons. The number of hydrogen-bond donors (Lipinski definition) is 0. The summed E-state index contributed by atoms with van der Waals surface area (Å²) in [6.07, 6.45) is 14.2. The fourth-order valence-electron chi connectivity index (χ4n) is 8.46. The standard InChI is InChI=1S/C37H47ClN6O3/c1-26-21-41(25-40-26)23-37(2)15-7-17-43(24-37)35(45)32-22-42(18-19-44(32)36(46)47-30-9-4-3-5-10-30)34-31-14-13-29(38)20-28(31)12-11-27-8-6-16-39-33(27)34/h6,8,13-14,16,20-21,25,30,32,34H,3-5,7,9-12,15,17-19,22-24H2,1-2H3/t32-,34+,37+/m1/s1. The number of aryl methyl sites for hydroxylation is 3. The van der Waals surface area contributed by atoms with Gasteiger partial charge in [0, 0.05) is 62.1 Å². The molecule has 1 aromatic carbocycles. The zero-order chi connectivity index (χ0) is 32.5. The summed E-state index contributed by atoms with van der Waals surface area (Å²) in [5.74, 6) is 0.00854. The molecule has 4 aliphatic rings. The summed E-state index contributed by atoms with van der Waals surface area (Å²) < 4.78 is 8.25. The number of fused-ring (bicyclic) bond motifs is 2. The van der Waals surface area contributed by atoms with Crippen LogP contribution in [0, 0.1) is 12.3 Å². The number of piperazine rings is 1. The molecule has 0 radical (unpaired) electrons. The Hall–Kier alpha value is -3.43. The van der Waals surface area contributed by atoms with Crippen molar-refractivity contribution in [1.29, 1.82) is 0 Å². The largest absolute Gasteiger partial charge is 0.446 e. The topological polar surface area (TPSA) is 83.8 Å². The molecule has 47 heavy (non-hydrogen) atoms. The molecule has 2 saturated heterocycles. The fraction of sp³-hybridized carbons (Fsp3) is 0.568. The molecule has 2 aliphatic carbocycles. The average molecular weight is 659 g/mol. The molecule has 3 aromatic rings. The molecule has 10 heteroatoms. The van der Waals surface area contributed by atoms with Crippen LogP contribution in [-0.2, 0) is 28.9 Å². The number of nitrogens with zero attached hydrogens (tertiary/aromatic N) is 6. The fourth-order valence-corrected chi connectivity index (χ4v) is 8.65. The SMILES string of the molecule is Cc1cn(C[C@]2(C)CCCN(C(=O)[C@H]3CN([C@H]4c5ccc(Cl)cc5CCc5cccnc54)CCN3C(=O)OC3CCCCC3)C2)cn1. The molecule has 0 spiro atoms. The number of piperidine rings is 1. The number of rotatable bonds is 5. The van der Waals surface area contributed by atoms with Crippen LogP contribution in [0.5, 0.6) is 0 Å². The summed E-state index contributed by atoms with van der Waals surface area (Å²) in [6.45, 7) is 7.84. The molecule has 2 aromatic heterocycles. The highest BCUT2D eigenvalue weighted by atomic mass is 35.5. The van der Waals surface area contributed by atoms with Crippen LogP contribution in [0.4, 0.5) is 4.79 Å². The van der Waals surface area contributed by atoms with Crippen molar-refractivity contribution in [3.8, 4) is 0 Å². The maximum atomic E-state index is 14.7. The van der Waals surface area contributed by atoms with Gasteiger partial charge in [0.1, 0.15) is 12.1 Å². The smallest absolute Gasteiger partial charge is 0.410 e. The van der Waals surface area contributed by atoms with Crippen molar-refractivity contribution in [2.45, 2.75) is 96.4 Å². The first-order chi connectivity index (χ1) is 22.8. The number of carbonyl (C=O) groups is 2. The second-order valence-corrected chi connectivity index (χ2v) is 14.9. The third kappa shape index (κ3) is 6.93. The van der Waals surface area contributed by atoms with E-state index in [0.29, 0.717) is 32.7 Å². The van der Waals surface area contributed by atoms with Gasteiger partial charge in [-0.15, -0.1) is 0 Å². The second kappa shape index (κ2) is 13.6. The van der Waals surface area contributed by atoms with Crippen molar-refractivity contribution in [2.24, 2.45) is 5.41 Å². The third-order valence-electron chi connectivity index (χ3n) is 10.8. The monoisotopic (exact) mass is 658 g/mol. The van der Waals surface area contributed by atoms with Crippen molar-refractivity contribution in [2.75, 3.05) is 32.7 Å². The lowest BCUT2D eigenvalue weighted by Gasteiger charge is -2.47. The van der Waals surface area contributed by atoms with E-state index in [9.17, 15) is 9.59 Å². The molecule has 4 heterocycles. The minimum Gasteiger partial charge on any atom is -0.446 e. The summed E-state index contributed by atoms with van der Waals surface area (Å²) in [5, 5.41) is 0.726. The number of pyridine rings is 1. The van der Waals surface area contributed by atoms with Gasteiger partial charge in [0.25, 0.3) is 0 Å². The predicted molar refractivity (Wildman–Crippen MR) is 181 cm³/mol. The quantitative estimate of drug-likeness (QED) is 0.324. The van der Waals surface area contributed by atoms with E-state index in [1.54, 1.807) is 4.90 Å². The van der Waals surface area contributed by atoms with Crippen LogP contribution in [0.15, 0.2) is 49.1 Å². The second-order valence-electron chi connectivity index (χ2n) is 14.5. The van der Waals surface area contributed by atoms with Crippen LogP contribution in [0.25, 0.3) is 0 Å². The van der Waals surface area contributed by atoms with Crippen LogP contribution < -0.4 is 0 Å². The minimum atomic E-state index is -0.649. The summed E-state index contributed by atoms with van der Waals surface area (Å²) in [6, 6.07) is 9.54. The zero-order valence-electron chi connectivity index (χ0n) is 27.7. The Morgan fingerprint density at radius 3 is 2.66 bits per heavy atom.